The highest BCUT2D eigenvalue weighted by Gasteiger charge is 2.47. The van der Waals surface area contributed by atoms with Crippen molar-refractivity contribution in [3.63, 3.8) is 0 Å². The number of rotatable bonds is 2. The zero-order valence-electron chi connectivity index (χ0n) is 17.8. The van der Waals surface area contributed by atoms with Crippen molar-refractivity contribution in [3.8, 4) is 11.8 Å². The first-order valence-electron chi connectivity index (χ1n) is 9.98. The van der Waals surface area contributed by atoms with Gasteiger partial charge in [0.2, 0.25) is 5.91 Å². The van der Waals surface area contributed by atoms with E-state index in [2.05, 4.69) is 16.8 Å². The lowest BCUT2D eigenvalue weighted by Crippen LogP contribution is -2.60. The SMILES string of the molecule is CN1C(=O)N(c2c(F)cc(C#Cc3cccnc3)cc2F)C(=O)C[C@@]1(C)c1cccc(Cl)c1. The molecule has 2 heterocycles. The van der Waals surface area contributed by atoms with Crippen molar-refractivity contribution in [2.75, 3.05) is 11.9 Å². The summed E-state index contributed by atoms with van der Waals surface area (Å²) in [6, 6.07) is 11.3. The second kappa shape index (κ2) is 8.64. The Morgan fingerprint density at radius 1 is 1.03 bits per heavy atom. The normalized spacial score (nSPS) is 18.2. The summed E-state index contributed by atoms with van der Waals surface area (Å²) in [5.74, 6) is 2.57. The summed E-state index contributed by atoms with van der Waals surface area (Å²) < 4.78 is 29.9. The number of urea groups is 1. The van der Waals surface area contributed by atoms with E-state index in [1.165, 1.54) is 18.1 Å². The fraction of sp³-hybridized carbons (Fsp3) is 0.160. The number of amides is 3. The maximum absolute atomic E-state index is 15.0. The van der Waals surface area contributed by atoms with Gasteiger partial charge in [0.25, 0.3) is 0 Å². The topological polar surface area (TPSA) is 53.5 Å². The summed E-state index contributed by atoms with van der Waals surface area (Å²) in [7, 11) is 1.48. The van der Waals surface area contributed by atoms with E-state index in [0.29, 0.717) is 21.0 Å². The Bertz CT molecular complexity index is 1300. The Hall–Kier alpha value is -3.76. The van der Waals surface area contributed by atoms with Crippen molar-refractivity contribution in [3.05, 3.63) is 94.3 Å². The summed E-state index contributed by atoms with van der Waals surface area (Å²) in [6.45, 7) is 1.70. The van der Waals surface area contributed by atoms with Gasteiger partial charge in [-0.2, -0.15) is 0 Å². The van der Waals surface area contributed by atoms with E-state index in [-0.39, 0.29) is 12.0 Å². The van der Waals surface area contributed by atoms with Gasteiger partial charge < -0.3 is 4.90 Å². The van der Waals surface area contributed by atoms with Crippen molar-refractivity contribution in [1.82, 2.24) is 9.88 Å². The van der Waals surface area contributed by atoms with Gasteiger partial charge in [-0.05, 0) is 48.9 Å². The minimum atomic E-state index is -1.06. The lowest BCUT2D eigenvalue weighted by atomic mass is 9.85. The lowest BCUT2D eigenvalue weighted by Gasteiger charge is -2.45. The quantitative estimate of drug-likeness (QED) is 0.494. The average molecular weight is 466 g/mol. The standard InChI is InChI=1S/C25H18ClF2N3O2/c1-25(18-6-3-7-19(26)13-18)14-22(32)31(24(33)30(25)2)23-20(27)11-17(12-21(23)28)9-8-16-5-4-10-29-15-16/h3-7,10-13,15H,14H2,1-2H3/t25-/m0/s1. The van der Waals surface area contributed by atoms with E-state index < -0.39 is 34.8 Å². The van der Waals surface area contributed by atoms with Crippen LogP contribution in [0.25, 0.3) is 0 Å². The first-order valence-corrected chi connectivity index (χ1v) is 10.4. The highest BCUT2D eigenvalue weighted by Crippen LogP contribution is 2.39. The molecule has 0 N–H and O–H groups in total. The number of carbonyl (C=O) groups excluding carboxylic acids is 2. The molecule has 0 aliphatic carbocycles. The van der Waals surface area contributed by atoms with Gasteiger partial charge in [-0.3, -0.25) is 9.78 Å². The first-order chi connectivity index (χ1) is 15.7. The summed E-state index contributed by atoms with van der Waals surface area (Å²) in [4.78, 5) is 31.9. The van der Waals surface area contributed by atoms with Crippen LogP contribution in [0.3, 0.4) is 0 Å². The first kappa shape index (κ1) is 22.4. The van der Waals surface area contributed by atoms with Crippen LogP contribution in [0, 0.1) is 23.5 Å². The molecular formula is C25H18ClF2N3O2. The fourth-order valence-corrected chi connectivity index (χ4v) is 3.92. The number of hydrogen-bond donors (Lipinski definition) is 0. The number of halogens is 3. The molecule has 0 radical (unpaired) electrons. The summed E-state index contributed by atoms with van der Waals surface area (Å²) >= 11 is 6.08. The van der Waals surface area contributed by atoms with Crippen LogP contribution in [0.15, 0.2) is 60.9 Å². The average Bonchev–Trinajstić information content (AvgIpc) is 2.78. The molecule has 1 aliphatic heterocycles. The van der Waals surface area contributed by atoms with Crippen LogP contribution in [-0.2, 0) is 10.3 Å². The van der Waals surface area contributed by atoms with Crippen LogP contribution in [0.2, 0.25) is 5.02 Å². The minimum Gasteiger partial charge on any atom is -0.317 e. The van der Waals surface area contributed by atoms with Gasteiger partial charge >= 0.3 is 6.03 Å². The second-order valence-electron chi connectivity index (χ2n) is 7.81. The summed E-state index contributed by atoms with van der Waals surface area (Å²) in [6.07, 6.45) is 2.92. The number of hydrogen-bond acceptors (Lipinski definition) is 3. The molecule has 1 aromatic heterocycles. The highest BCUT2D eigenvalue weighted by atomic mass is 35.5. The lowest BCUT2D eigenvalue weighted by molar-refractivity contribution is -0.122. The van der Waals surface area contributed by atoms with Gasteiger partial charge in [0, 0.05) is 35.6 Å². The fourth-order valence-electron chi connectivity index (χ4n) is 3.73. The van der Waals surface area contributed by atoms with Crippen molar-refractivity contribution in [2.24, 2.45) is 0 Å². The number of carbonyl (C=O) groups is 2. The van der Waals surface area contributed by atoms with E-state index in [1.54, 1.807) is 49.5 Å². The van der Waals surface area contributed by atoms with Crippen molar-refractivity contribution >= 4 is 29.2 Å². The number of anilines is 1. The van der Waals surface area contributed by atoms with Crippen molar-refractivity contribution < 1.29 is 18.4 Å². The van der Waals surface area contributed by atoms with E-state index in [9.17, 15) is 18.4 Å². The van der Waals surface area contributed by atoms with Gasteiger partial charge in [-0.1, -0.05) is 35.6 Å². The van der Waals surface area contributed by atoms with Crippen LogP contribution < -0.4 is 4.90 Å². The number of aromatic nitrogens is 1. The van der Waals surface area contributed by atoms with Crippen LogP contribution >= 0.6 is 11.6 Å². The molecule has 1 atom stereocenters. The van der Waals surface area contributed by atoms with Gasteiger partial charge in [0.1, 0.15) is 5.69 Å². The number of imide groups is 1. The molecule has 0 unspecified atom stereocenters. The van der Waals surface area contributed by atoms with Crippen molar-refractivity contribution in [2.45, 2.75) is 18.9 Å². The maximum atomic E-state index is 15.0. The molecule has 0 saturated carbocycles. The molecule has 0 spiro atoms. The van der Waals surface area contributed by atoms with E-state index in [0.717, 1.165) is 12.1 Å². The monoisotopic (exact) mass is 465 g/mol. The molecule has 1 aliphatic rings. The Kier molecular flexibility index (Phi) is 5.88. The van der Waals surface area contributed by atoms with E-state index in [1.807, 2.05) is 0 Å². The predicted octanol–water partition coefficient (Wildman–Crippen LogP) is 5.12. The molecule has 33 heavy (non-hydrogen) atoms. The Morgan fingerprint density at radius 2 is 1.73 bits per heavy atom. The van der Waals surface area contributed by atoms with Crippen molar-refractivity contribution in [1.29, 1.82) is 0 Å². The van der Waals surface area contributed by atoms with Crippen LogP contribution in [0.1, 0.15) is 30.0 Å². The molecule has 166 valence electrons. The number of nitrogens with zero attached hydrogens (tertiary/aromatic N) is 3. The van der Waals surface area contributed by atoms with E-state index in [4.69, 9.17) is 11.6 Å². The maximum Gasteiger partial charge on any atom is 0.332 e. The predicted molar refractivity (Wildman–Crippen MR) is 121 cm³/mol. The van der Waals surface area contributed by atoms with E-state index >= 15 is 0 Å². The molecule has 2 aromatic carbocycles. The number of benzene rings is 2. The minimum absolute atomic E-state index is 0.0617. The van der Waals surface area contributed by atoms with Gasteiger partial charge in [0.05, 0.1) is 12.0 Å². The molecule has 3 amide bonds. The Labute approximate surface area is 194 Å². The highest BCUT2D eigenvalue weighted by molar-refractivity contribution is 6.30. The molecule has 4 rings (SSSR count). The second-order valence-corrected chi connectivity index (χ2v) is 8.25. The molecular weight excluding hydrogens is 448 g/mol. The van der Waals surface area contributed by atoms with Crippen LogP contribution in [0.4, 0.5) is 19.3 Å². The third-order valence-electron chi connectivity index (χ3n) is 5.66. The zero-order chi connectivity index (χ0) is 23.8. The van der Waals surface area contributed by atoms with Gasteiger partial charge in [-0.15, -0.1) is 0 Å². The van der Waals surface area contributed by atoms with Crippen LogP contribution in [-0.4, -0.2) is 28.9 Å². The number of pyridine rings is 1. The Morgan fingerprint density at radius 3 is 2.36 bits per heavy atom. The van der Waals surface area contributed by atoms with Crippen LogP contribution in [0.5, 0.6) is 0 Å². The molecule has 5 nitrogen and oxygen atoms in total. The Balaban J connectivity index is 1.68. The smallest absolute Gasteiger partial charge is 0.317 e. The molecule has 1 saturated heterocycles. The third kappa shape index (κ3) is 4.18. The third-order valence-corrected chi connectivity index (χ3v) is 5.90. The zero-order valence-corrected chi connectivity index (χ0v) is 18.5. The summed E-state index contributed by atoms with van der Waals surface area (Å²) in [5, 5.41) is 0.449. The van der Waals surface area contributed by atoms with Gasteiger partial charge in [0.15, 0.2) is 11.6 Å². The molecule has 0 bridgehead atoms. The van der Waals surface area contributed by atoms with Gasteiger partial charge in [-0.25, -0.2) is 18.5 Å². The molecule has 1 fully saturated rings. The largest absolute Gasteiger partial charge is 0.332 e. The molecule has 8 heteroatoms. The molecule has 3 aromatic rings. The summed E-state index contributed by atoms with van der Waals surface area (Å²) in [5.41, 5.74) is -0.479.